The van der Waals surface area contributed by atoms with Gasteiger partial charge in [0.1, 0.15) is 5.41 Å². The van der Waals surface area contributed by atoms with E-state index in [2.05, 4.69) is 4.74 Å². The number of hydrogen-bond donors (Lipinski definition) is 2. The van der Waals surface area contributed by atoms with E-state index in [1.165, 1.54) is 0 Å². The van der Waals surface area contributed by atoms with Crippen molar-refractivity contribution in [2.75, 3.05) is 0 Å². The molecule has 4 bridgehead atoms. The van der Waals surface area contributed by atoms with Gasteiger partial charge < -0.3 is 19.7 Å². The van der Waals surface area contributed by atoms with Gasteiger partial charge in [0.05, 0.1) is 23.5 Å². The molecule has 1 saturated heterocycles. The molecule has 0 spiro atoms. The van der Waals surface area contributed by atoms with Gasteiger partial charge in [-0.3, -0.25) is 9.59 Å². The highest BCUT2D eigenvalue weighted by Gasteiger charge is 2.69. The molecule has 2 aliphatic carbocycles. The van der Waals surface area contributed by atoms with E-state index in [1.54, 1.807) is 6.08 Å². The minimum Gasteiger partial charge on any atom is -0.481 e. The van der Waals surface area contributed by atoms with Gasteiger partial charge in [-0.05, 0) is 12.8 Å². The lowest BCUT2D eigenvalue weighted by Crippen LogP contribution is -2.43. The predicted octanol–water partition coefficient (Wildman–Crippen LogP) is -0.187. The molecule has 4 rings (SSSR count). The van der Waals surface area contributed by atoms with E-state index in [-0.39, 0.29) is 29.6 Å². The first-order valence-electron chi connectivity index (χ1n) is 7.18. The number of aliphatic hydroxyl groups is 1. The van der Waals surface area contributed by atoms with E-state index in [4.69, 9.17) is 4.74 Å². The summed E-state index contributed by atoms with van der Waals surface area (Å²) in [6.07, 6.45) is 1.35. The Kier molecular flexibility index (Phi) is 2.51. The Hall–Kier alpha value is -2.48. The third-order valence-corrected chi connectivity index (χ3v) is 5.07. The number of allylic oxidation sites excluding steroid dienone is 1. The zero-order chi connectivity index (χ0) is 16.6. The molecule has 0 aromatic rings. The van der Waals surface area contributed by atoms with Crippen LogP contribution in [0.5, 0.6) is 0 Å². The second-order valence-electron chi connectivity index (χ2n) is 6.23. The average Bonchev–Trinajstić information content (AvgIpc) is 2.82. The second kappa shape index (κ2) is 4.08. The summed E-state index contributed by atoms with van der Waals surface area (Å²) in [6.45, 7) is 0. The molecular formula is C15H12O8. The number of carbonyl (C=O) groups excluding carboxylic acids is 3. The van der Waals surface area contributed by atoms with Crippen LogP contribution in [0.3, 0.4) is 0 Å². The molecule has 2 heterocycles. The first-order chi connectivity index (χ1) is 10.8. The van der Waals surface area contributed by atoms with Crippen molar-refractivity contribution in [3.8, 4) is 0 Å². The summed E-state index contributed by atoms with van der Waals surface area (Å²) in [6, 6.07) is 0. The molecule has 2 N–H and O–H groups in total. The van der Waals surface area contributed by atoms with Crippen molar-refractivity contribution in [2.45, 2.75) is 31.5 Å². The fraction of sp³-hybridized carbons (Fsp3) is 0.467. The minimum absolute atomic E-state index is 0.00265. The molecule has 1 fully saturated rings. The Morgan fingerprint density at radius 2 is 2.04 bits per heavy atom. The molecule has 3 atom stereocenters. The van der Waals surface area contributed by atoms with Gasteiger partial charge in [-0.25, -0.2) is 9.59 Å². The van der Waals surface area contributed by atoms with Gasteiger partial charge in [-0.1, -0.05) is 6.08 Å². The highest BCUT2D eigenvalue weighted by atomic mass is 16.7. The highest BCUT2D eigenvalue weighted by Crippen LogP contribution is 2.61. The van der Waals surface area contributed by atoms with E-state index in [0.717, 1.165) is 0 Å². The van der Waals surface area contributed by atoms with Crippen LogP contribution < -0.4 is 0 Å². The van der Waals surface area contributed by atoms with Crippen LogP contribution in [-0.2, 0) is 28.7 Å². The van der Waals surface area contributed by atoms with E-state index < -0.39 is 47.4 Å². The number of aliphatic carboxylic acids is 1. The van der Waals surface area contributed by atoms with Crippen LogP contribution in [0.4, 0.5) is 0 Å². The van der Waals surface area contributed by atoms with Gasteiger partial charge in [-0.15, -0.1) is 0 Å². The lowest BCUT2D eigenvalue weighted by atomic mass is 9.69. The van der Waals surface area contributed by atoms with E-state index in [0.29, 0.717) is 6.42 Å². The molecule has 0 aromatic carbocycles. The van der Waals surface area contributed by atoms with Crippen molar-refractivity contribution in [2.24, 2.45) is 11.3 Å². The summed E-state index contributed by atoms with van der Waals surface area (Å²) in [5.41, 5.74) is -1.56. The summed E-state index contributed by atoms with van der Waals surface area (Å²) >= 11 is 0. The summed E-state index contributed by atoms with van der Waals surface area (Å²) in [5.74, 6) is -6.91. The smallest absolute Gasteiger partial charge is 0.342 e. The van der Waals surface area contributed by atoms with Crippen LogP contribution >= 0.6 is 0 Å². The first-order valence-corrected chi connectivity index (χ1v) is 7.18. The highest BCUT2D eigenvalue weighted by molar-refractivity contribution is 6.14. The molecule has 0 saturated carbocycles. The van der Waals surface area contributed by atoms with Gasteiger partial charge in [0.25, 0.3) is 0 Å². The lowest BCUT2D eigenvalue weighted by molar-refractivity contribution is -0.197. The normalized spacial score (nSPS) is 37.9. The molecule has 23 heavy (non-hydrogen) atoms. The number of carboxylic acids is 1. The number of rotatable bonds is 2. The monoisotopic (exact) mass is 320 g/mol. The van der Waals surface area contributed by atoms with Crippen molar-refractivity contribution >= 4 is 23.9 Å². The third-order valence-electron chi connectivity index (χ3n) is 5.07. The molecule has 1 unspecified atom stereocenters. The number of cyclic esters (lactones) is 2. The van der Waals surface area contributed by atoms with E-state index in [1.807, 2.05) is 0 Å². The maximum atomic E-state index is 12.4. The molecule has 0 radical (unpaired) electrons. The summed E-state index contributed by atoms with van der Waals surface area (Å²) in [5, 5.41) is 20.1. The van der Waals surface area contributed by atoms with Crippen LogP contribution in [0, 0.1) is 11.3 Å². The van der Waals surface area contributed by atoms with Crippen LogP contribution in [0.15, 0.2) is 22.8 Å². The molecule has 2 aliphatic heterocycles. The number of esters is 3. The number of hydrogen-bond acceptors (Lipinski definition) is 7. The fourth-order valence-corrected chi connectivity index (χ4v) is 4.19. The van der Waals surface area contributed by atoms with Crippen molar-refractivity contribution in [1.82, 2.24) is 0 Å². The van der Waals surface area contributed by atoms with Crippen LogP contribution in [0.2, 0.25) is 0 Å². The standard InChI is InChI=1S/C15H12O8/c16-9(17)5-14-4-6-10(12(19)22-11(6)18)7-2-1-3-8(14)15(7,21)23-13(14)20/h3,7,21H,1-2,4-5H2,(H,16,17)/t7-,14+,15?/m1/s1. The number of carboxylic acid groups (broad SMARTS) is 1. The molecule has 120 valence electrons. The van der Waals surface area contributed by atoms with E-state index >= 15 is 0 Å². The average molecular weight is 320 g/mol. The van der Waals surface area contributed by atoms with Crippen molar-refractivity contribution < 1.29 is 38.9 Å². The van der Waals surface area contributed by atoms with Crippen LogP contribution in [-0.4, -0.2) is 39.9 Å². The van der Waals surface area contributed by atoms with Crippen LogP contribution in [0.25, 0.3) is 0 Å². The Morgan fingerprint density at radius 3 is 2.74 bits per heavy atom. The largest absolute Gasteiger partial charge is 0.481 e. The topological polar surface area (TPSA) is 127 Å². The molecule has 4 aliphatic rings. The SMILES string of the molecule is O=C(O)C[C@@]12CC3=C(C(=O)OC3=O)[C@H]3CCC=C1C3(O)OC2=O. The van der Waals surface area contributed by atoms with Crippen LogP contribution in [0.1, 0.15) is 25.7 Å². The minimum atomic E-state index is -2.09. The zero-order valence-corrected chi connectivity index (χ0v) is 11.8. The Labute approximate surface area is 129 Å². The summed E-state index contributed by atoms with van der Waals surface area (Å²) in [4.78, 5) is 47.7. The van der Waals surface area contributed by atoms with Gasteiger partial charge in [0, 0.05) is 12.0 Å². The van der Waals surface area contributed by atoms with Gasteiger partial charge >= 0.3 is 23.9 Å². The number of ether oxygens (including phenoxy) is 2. The molecule has 0 amide bonds. The quantitative estimate of drug-likeness (QED) is 0.407. The number of carbonyl (C=O) groups is 4. The Morgan fingerprint density at radius 1 is 1.30 bits per heavy atom. The first kappa shape index (κ1) is 14.1. The second-order valence-corrected chi connectivity index (χ2v) is 6.23. The predicted molar refractivity (Wildman–Crippen MR) is 69.3 cm³/mol. The maximum absolute atomic E-state index is 12.4. The summed E-state index contributed by atoms with van der Waals surface area (Å²) in [7, 11) is 0. The fourth-order valence-electron chi connectivity index (χ4n) is 4.19. The maximum Gasteiger partial charge on any atom is 0.342 e. The third kappa shape index (κ3) is 1.53. The van der Waals surface area contributed by atoms with Crippen molar-refractivity contribution in [1.29, 1.82) is 0 Å². The Bertz CT molecular complexity index is 759. The summed E-state index contributed by atoms with van der Waals surface area (Å²) < 4.78 is 9.76. The van der Waals surface area contributed by atoms with Gasteiger partial charge in [0.2, 0.25) is 5.79 Å². The van der Waals surface area contributed by atoms with Crippen molar-refractivity contribution in [3.63, 3.8) is 0 Å². The molecule has 0 aromatic heterocycles. The molecule has 8 heteroatoms. The lowest BCUT2D eigenvalue weighted by Gasteiger charge is -2.35. The van der Waals surface area contributed by atoms with E-state index in [9.17, 15) is 29.4 Å². The number of fused-ring (bicyclic) bond motifs is 1. The van der Waals surface area contributed by atoms with Gasteiger partial charge in [-0.2, -0.15) is 0 Å². The Balaban J connectivity index is 2.01. The van der Waals surface area contributed by atoms with Crippen molar-refractivity contribution in [3.05, 3.63) is 22.8 Å². The van der Waals surface area contributed by atoms with Gasteiger partial charge in [0.15, 0.2) is 0 Å². The molecule has 8 nitrogen and oxygen atoms in total. The zero-order valence-electron chi connectivity index (χ0n) is 11.8. The molecular weight excluding hydrogens is 308 g/mol.